The van der Waals surface area contributed by atoms with Crippen LogP contribution >= 0.6 is 12.2 Å². The van der Waals surface area contributed by atoms with Gasteiger partial charge in [-0.15, -0.1) is 0 Å². The molecular formula is C11H13NS. The molecule has 13 heavy (non-hydrogen) atoms. The first-order valence-corrected chi connectivity index (χ1v) is 4.94. The Morgan fingerprint density at radius 1 is 1.23 bits per heavy atom. The highest BCUT2D eigenvalue weighted by Crippen LogP contribution is 2.38. The van der Waals surface area contributed by atoms with E-state index in [9.17, 15) is 0 Å². The maximum Gasteiger partial charge on any atom is 0.0834 e. The molecule has 0 aliphatic carbocycles. The van der Waals surface area contributed by atoms with Gasteiger partial charge in [-0.2, -0.15) is 0 Å². The molecule has 2 heteroatoms. The minimum Gasteiger partial charge on any atom is -0.361 e. The molecule has 1 aliphatic rings. The molecule has 1 aliphatic heterocycles. The Morgan fingerprint density at radius 2 is 1.85 bits per heavy atom. The number of thiocarbonyl (C=S) groups is 1. The molecule has 68 valence electrons. The summed E-state index contributed by atoms with van der Waals surface area (Å²) in [6, 6.07) is 11.0. The van der Waals surface area contributed by atoms with Crippen molar-refractivity contribution < 1.29 is 0 Å². The molecule has 0 aromatic heterocycles. The van der Waals surface area contributed by atoms with Gasteiger partial charge < -0.3 is 4.90 Å². The molecular weight excluding hydrogens is 178 g/mol. The lowest BCUT2D eigenvalue weighted by Crippen LogP contribution is -2.49. The molecule has 1 heterocycles. The van der Waals surface area contributed by atoms with Crippen molar-refractivity contribution in [1.82, 2.24) is 4.90 Å². The van der Waals surface area contributed by atoms with Crippen molar-refractivity contribution in [2.24, 2.45) is 5.92 Å². The Hall–Kier alpha value is -0.890. The lowest BCUT2D eigenvalue weighted by atomic mass is 9.85. The average Bonchev–Trinajstić information content (AvgIpc) is 2.19. The predicted octanol–water partition coefficient (Wildman–Crippen LogP) is 2.64. The Labute approximate surface area is 84.4 Å². The summed E-state index contributed by atoms with van der Waals surface area (Å²) in [6.45, 7) is 2.19. The Morgan fingerprint density at radius 3 is 2.38 bits per heavy atom. The van der Waals surface area contributed by atoms with Crippen molar-refractivity contribution in [2.45, 2.75) is 13.0 Å². The highest BCUT2D eigenvalue weighted by atomic mass is 32.1. The van der Waals surface area contributed by atoms with Gasteiger partial charge in [0.05, 0.1) is 11.0 Å². The van der Waals surface area contributed by atoms with Gasteiger partial charge in [0.25, 0.3) is 0 Å². The molecule has 1 aromatic rings. The smallest absolute Gasteiger partial charge is 0.0834 e. The summed E-state index contributed by atoms with van der Waals surface area (Å²) in [5.41, 5.74) is 1.37. The van der Waals surface area contributed by atoms with E-state index in [1.807, 2.05) is 6.07 Å². The fourth-order valence-electron chi connectivity index (χ4n) is 2.01. The second-order valence-corrected chi connectivity index (χ2v) is 4.01. The van der Waals surface area contributed by atoms with Crippen molar-refractivity contribution >= 4 is 17.2 Å². The molecule has 1 saturated heterocycles. The zero-order valence-corrected chi connectivity index (χ0v) is 8.71. The van der Waals surface area contributed by atoms with Crippen LogP contribution < -0.4 is 0 Å². The van der Waals surface area contributed by atoms with Gasteiger partial charge in [-0.25, -0.2) is 0 Å². The molecule has 0 unspecified atom stereocenters. The lowest BCUT2D eigenvalue weighted by Gasteiger charge is -2.46. The van der Waals surface area contributed by atoms with Crippen LogP contribution in [-0.4, -0.2) is 16.9 Å². The summed E-state index contributed by atoms with van der Waals surface area (Å²) < 4.78 is 0. The van der Waals surface area contributed by atoms with Crippen molar-refractivity contribution in [3.63, 3.8) is 0 Å². The van der Waals surface area contributed by atoms with Crippen LogP contribution in [0.15, 0.2) is 30.3 Å². The SMILES string of the molecule is C[C@@H]1C(=S)N(C)[C@@H]1c1ccccc1. The molecule has 0 spiro atoms. The van der Waals surface area contributed by atoms with Crippen LogP contribution in [0.25, 0.3) is 0 Å². The van der Waals surface area contributed by atoms with Crippen LogP contribution in [0.3, 0.4) is 0 Å². The molecule has 2 atom stereocenters. The molecule has 0 N–H and O–H groups in total. The molecule has 0 saturated carbocycles. The van der Waals surface area contributed by atoms with E-state index in [2.05, 4.69) is 43.1 Å². The fourth-order valence-corrected chi connectivity index (χ4v) is 2.25. The van der Waals surface area contributed by atoms with E-state index in [1.54, 1.807) is 0 Å². The van der Waals surface area contributed by atoms with E-state index in [1.165, 1.54) is 5.56 Å². The molecule has 1 nitrogen and oxygen atoms in total. The van der Waals surface area contributed by atoms with Crippen LogP contribution in [0.1, 0.15) is 18.5 Å². The lowest BCUT2D eigenvalue weighted by molar-refractivity contribution is 0.237. The average molecular weight is 191 g/mol. The summed E-state index contributed by atoms with van der Waals surface area (Å²) in [6.07, 6.45) is 0. The normalized spacial score (nSPS) is 27.2. The number of benzene rings is 1. The topological polar surface area (TPSA) is 3.24 Å². The third kappa shape index (κ3) is 1.25. The maximum absolute atomic E-state index is 5.23. The fraction of sp³-hybridized carbons (Fsp3) is 0.364. The van der Waals surface area contributed by atoms with Crippen LogP contribution in [0, 0.1) is 5.92 Å². The molecule has 1 aromatic carbocycles. The molecule has 2 rings (SSSR count). The first-order valence-electron chi connectivity index (χ1n) is 4.53. The number of likely N-dealkylation sites (tertiary alicyclic amines) is 1. The van der Waals surface area contributed by atoms with Gasteiger partial charge in [0, 0.05) is 13.0 Å². The van der Waals surface area contributed by atoms with Gasteiger partial charge in [0.15, 0.2) is 0 Å². The summed E-state index contributed by atoms with van der Waals surface area (Å²) in [7, 11) is 2.07. The van der Waals surface area contributed by atoms with Gasteiger partial charge >= 0.3 is 0 Å². The number of hydrogen-bond acceptors (Lipinski definition) is 1. The largest absolute Gasteiger partial charge is 0.361 e. The van der Waals surface area contributed by atoms with Gasteiger partial charge in [0.1, 0.15) is 0 Å². The second kappa shape index (κ2) is 3.11. The molecule has 0 amide bonds. The first kappa shape index (κ1) is 8.70. The first-order chi connectivity index (χ1) is 6.22. The van der Waals surface area contributed by atoms with Gasteiger partial charge in [-0.3, -0.25) is 0 Å². The third-order valence-corrected chi connectivity index (χ3v) is 3.43. The molecule has 0 bridgehead atoms. The molecule has 0 radical (unpaired) electrons. The van der Waals surface area contributed by atoms with Crippen LogP contribution in [0.2, 0.25) is 0 Å². The maximum atomic E-state index is 5.23. The van der Waals surface area contributed by atoms with Gasteiger partial charge in [-0.05, 0) is 5.56 Å². The number of nitrogens with zero attached hydrogens (tertiary/aromatic N) is 1. The molecule has 1 fully saturated rings. The third-order valence-electron chi connectivity index (χ3n) is 2.77. The van der Waals surface area contributed by atoms with E-state index in [0.717, 1.165) is 4.99 Å². The van der Waals surface area contributed by atoms with E-state index in [-0.39, 0.29) is 0 Å². The van der Waals surface area contributed by atoms with E-state index >= 15 is 0 Å². The van der Waals surface area contributed by atoms with E-state index < -0.39 is 0 Å². The summed E-state index contributed by atoms with van der Waals surface area (Å²) in [5, 5.41) is 0. The standard InChI is InChI=1S/C11H13NS/c1-8-10(12(2)11(8)13)9-6-4-3-5-7-9/h3-8,10H,1-2H3/t8-,10-/m0/s1. The van der Waals surface area contributed by atoms with E-state index in [4.69, 9.17) is 12.2 Å². The summed E-state index contributed by atoms with van der Waals surface area (Å²) >= 11 is 5.23. The summed E-state index contributed by atoms with van der Waals surface area (Å²) in [5.74, 6) is 0.516. The van der Waals surface area contributed by atoms with Crippen molar-refractivity contribution in [3.8, 4) is 0 Å². The highest BCUT2D eigenvalue weighted by Gasteiger charge is 2.38. The minimum absolute atomic E-state index is 0.494. The van der Waals surface area contributed by atoms with Crippen LogP contribution in [0.5, 0.6) is 0 Å². The Bertz CT molecular complexity index is 308. The minimum atomic E-state index is 0.494. The zero-order chi connectivity index (χ0) is 9.42. The van der Waals surface area contributed by atoms with Crippen molar-refractivity contribution in [3.05, 3.63) is 35.9 Å². The van der Waals surface area contributed by atoms with Gasteiger partial charge in [0.2, 0.25) is 0 Å². The summed E-state index contributed by atoms with van der Waals surface area (Å²) in [4.78, 5) is 3.25. The van der Waals surface area contributed by atoms with Crippen LogP contribution in [-0.2, 0) is 0 Å². The Balaban J connectivity index is 2.25. The van der Waals surface area contributed by atoms with E-state index in [0.29, 0.717) is 12.0 Å². The zero-order valence-electron chi connectivity index (χ0n) is 7.90. The van der Waals surface area contributed by atoms with Crippen LogP contribution in [0.4, 0.5) is 0 Å². The van der Waals surface area contributed by atoms with Gasteiger partial charge in [-0.1, -0.05) is 49.5 Å². The Kier molecular flexibility index (Phi) is 2.08. The predicted molar refractivity (Wildman–Crippen MR) is 58.7 cm³/mol. The monoisotopic (exact) mass is 191 g/mol. The van der Waals surface area contributed by atoms with Crippen molar-refractivity contribution in [2.75, 3.05) is 7.05 Å². The quantitative estimate of drug-likeness (QED) is 0.628. The highest BCUT2D eigenvalue weighted by molar-refractivity contribution is 7.80. The second-order valence-electron chi connectivity index (χ2n) is 3.59. The number of hydrogen-bond donors (Lipinski definition) is 0. The number of rotatable bonds is 1. The van der Waals surface area contributed by atoms with Crippen molar-refractivity contribution in [1.29, 1.82) is 0 Å².